The molecule has 0 bridgehead atoms. The SMILES string of the molecule is Cc1cc(Cn2nnc(C(=O)N3CCN(C4CC4)c4ccccc43)c2C)on1. The zero-order chi connectivity index (χ0) is 19.3. The first-order valence-electron chi connectivity index (χ1n) is 9.61. The molecule has 2 aromatic heterocycles. The molecule has 1 amide bonds. The van der Waals surface area contributed by atoms with Crippen molar-refractivity contribution in [1.29, 1.82) is 0 Å². The monoisotopic (exact) mass is 378 g/mol. The molecule has 0 radical (unpaired) electrons. The van der Waals surface area contributed by atoms with Crippen LogP contribution in [0.25, 0.3) is 0 Å². The van der Waals surface area contributed by atoms with Crippen LogP contribution in [-0.4, -0.2) is 45.2 Å². The smallest absolute Gasteiger partial charge is 0.280 e. The number of anilines is 2. The Kier molecular flexibility index (Phi) is 3.92. The molecule has 2 aliphatic rings. The number of fused-ring (bicyclic) bond motifs is 1. The molecule has 1 fully saturated rings. The lowest BCUT2D eigenvalue weighted by atomic mass is 10.1. The fourth-order valence-electron chi connectivity index (χ4n) is 3.83. The van der Waals surface area contributed by atoms with Gasteiger partial charge >= 0.3 is 0 Å². The zero-order valence-electron chi connectivity index (χ0n) is 16.0. The van der Waals surface area contributed by atoms with Crippen molar-refractivity contribution in [2.45, 2.75) is 39.3 Å². The minimum absolute atomic E-state index is 0.111. The first-order chi connectivity index (χ1) is 13.6. The molecule has 28 heavy (non-hydrogen) atoms. The molecule has 3 aromatic rings. The topological polar surface area (TPSA) is 80.3 Å². The number of rotatable bonds is 4. The molecule has 0 spiro atoms. The van der Waals surface area contributed by atoms with Gasteiger partial charge in [-0.1, -0.05) is 22.5 Å². The Bertz CT molecular complexity index is 1040. The Labute approximate surface area is 162 Å². The Hall–Kier alpha value is -3.16. The highest BCUT2D eigenvalue weighted by Gasteiger charge is 2.36. The second-order valence-corrected chi connectivity index (χ2v) is 7.49. The first kappa shape index (κ1) is 17.0. The molecule has 1 saturated carbocycles. The molecule has 8 heteroatoms. The third-order valence-electron chi connectivity index (χ3n) is 5.45. The Morgan fingerprint density at radius 1 is 1.18 bits per heavy atom. The Balaban J connectivity index is 1.43. The van der Waals surface area contributed by atoms with E-state index in [1.54, 1.807) is 4.68 Å². The van der Waals surface area contributed by atoms with Crippen molar-refractivity contribution in [2.24, 2.45) is 0 Å². The maximum Gasteiger partial charge on any atom is 0.280 e. The maximum absolute atomic E-state index is 13.3. The normalized spacial score (nSPS) is 16.4. The number of para-hydroxylation sites is 2. The number of amides is 1. The lowest BCUT2D eigenvalue weighted by molar-refractivity contribution is 0.0981. The first-order valence-corrected chi connectivity index (χ1v) is 9.61. The van der Waals surface area contributed by atoms with Gasteiger partial charge in [-0.15, -0.1) is 5.10 Å². The third-order valence-corrected chi connectivity index (χ3v) is 5.45. The minimum atomic E-state index is -0.111. The molecule has 5 rings (SSSR count). The summed E-state index contributed by atoms with van der Waals surface area (Å²) >= 11 is 0. The van der Waals surface area contributed by atoms with E-state index in [0.29, 0.717) is 30.6 Å². The van der Waals surface area contributed by atoms with E-state index in [1.165, 1.54) is 12.8 Å². The average Bonchev–Trinajstić information content (AvgIpc) is 3.38. The van der Waals surface area contributed by atoms with Crippen LogP contribution in [0.1, 0.15) is 40.5 Å². The molecule has 144 valence electrons. The van der Waals surface area contributed by atoms with Gasteiger partial charge in [-0.2, -0.15) is 0 Å². The number of hydrogen-bond donors (Lipinski definition) is 0. The lowest BCUT2D eigenvalue weighted by Gasteiger charge is -2.37. The highest BCUT2D eigenvalue weighted by molar-refractivity contribution is 6.07. The minimum Gasteiger partial charge on any atom is -0.365 e. The summed E-state index contributed by atoms with van der Waals surface area (Å²) in [6.07, 6.45) is 2.47. The van der Waals surface area contributed by atoms with Gasteiger partial charge in [0.05, 0.1) is 22.8 Å². The van der Waals surface area contributed by atoms with Gasteiger partial charge in [-0.05, 0) is 38.8 Å². The third kappa shape index (κ3) is 2.85. The molecule has 0 atom stereocenters. The summed E-state index contributed by atoms with van der Waals surface area (Å²) in [4.78, 5) is 17.6. The van der Waals surface area contributed by atoms with E-state index in [2.05, 4.69) is 26.4 Å². The quantitative estimate of drug-likeness (QED) is 0.694. The summed E-state index contributed by atoms with van der Waals surface area (Å²) in [5.41, 5.74) is 4.00. The highest BCUT2D eigenvalue weighted by Crippen LogP contribution is 2.40. The molecule has 1 aliphatic carbocycles. The van der Waals surface area contributed by atoms with Gasteiger partial charge < -0.3 is 14.3 Å². The molecule has 0 unspecified atom stereocenters. The van der Waals surface area contributed by atoms with Crippen LogP contribution in [0.3, 0.4) is 0 Å². The number of aryl methyl sites for hydroxylation is 1. The van der Waals surface area contributed by atoms with Crippen molar-refractivity contribution in [3.8, 4) is 0 Å². The Morgan fingerprint density at radius 3 is 2.68 bits per heavy atom. The largest absolute Gasteiger partial charge is 0.365 e. The molecule has 3 heterocycles. The lowest BCUT2D eigenvalue weighted by Crippen LogP contribution is -2.45. The summed E-state index contributed by atoms with van der Waals surface area (Å²) in [5, 5.41) is 12.2. The number of aromatic nitrogens is 4. The molecule has 8 nitrogen and oxygen atoms in total. The predicted octanol–water partition coefficient (Wildman–Crippen LogP) is 2.56. The van der Waals surface area contributed by atoms with Crippen LogP contribution in [-0.2, 0) is 6.54 Å². The van der Waals surface area contributed by atoms with Crippen LogP contribution in [0.15, 0.2) is 34.9 Å². The van der Waals surface area contributed by atoms with E-state index in [4.69, 9.17) is 4.52 Å². The van der Waals surface area contributed by atoms with Gasteiger partial charge in [0.1, 0.15) is 6.54 Å². The van der Waals surface area contributed by atoms with Crippen LogP contribution in [0.5, 0.6) is 0 Å². The van der Waals surface area contributed by atoms with E-state index in [9.17, 15) is 4.79 Å². The van der Waals surface area contributed by atoms with Crippen LogP contribution in [0.2, 0.25) is 0 Å². The van der Waals surface area contributed by atoms with E-state index in [1.807, 2.05) is 43.0 Å². The van der Waals surface area contributed by atoms with Gasteiger partial charge in [0.2, 0.25) is 0 Å². The average molecular weight is 378 g/mol. The summed E-state index contributed by atoms with van der Waals surface area (Å²) in [6.45, 7) is 5.63. The summed E-state index contributed by atoms with van der Waals surface area (Å²) in [7, 11) is 0. The summed E-state index contributed by atoms with van der Waals surface area (Å²) in [5.74, 6) is 0.577. The molecular weight excluding hydrogens is 356 g/mol. The van der Waals surface area contributed by atoms with Crippen LogP contribution < -0.4 is 9.80 Å². The standard InChI is InChI=1S/C20H22N6O2/c1-13-11-16(28-22-13)12-26-14(2)19(21-23-26)20(27)25-10-9-24(15-7-8-15)17-5-3-4-6-18(17)25/h3-6,11,15H,7-10,12H2,1-2H3. The fourth-order valence-corrected chi connectivity index (χ4v) is 3.83. The van der Waals surface area contributed by atoms with Gasteiger partial charge in [0, 0.05) is 25.2 Å². The zero-order valence-corrected chi connectivity index (χ0v) is 16.0. The van der Waals surface area contributed by atoms with E-state index in [-0.39, 0.29) is 5.91 Å². The summed E-state index contributed by atoms with van der Waals surface area (Å²) in [6, 6.07) is 10.6. The predicted molar refractivity (Wildman–Crippen MR) is 104 cm³/mol. The highest BCUT2D eigenvalue weighted by atomic mass is 16.5. The second kappa shape index (κ2) is 6.47. The summed E-state index contributed by atoms with van der Waals surface area (Å²) < 4.78 is 6.94. The van der Waals surface area contributed by atoms with Crippen molar-refractivity contribution in [3.05, 3.63) is 53.2 Å². The van der Waals surface area contributed by atoms with Crippen molar-refractivity contribution in [1.82, 2.24) is 20.2 Å². The van der Waals surface area contributed by atoms with Gasteiger partial charge in [-0.25, -0.2) is 4.68 Å². The van der Waals surface area contributed by atoms with Crippen LogP contribution in [0.4, 0.5) is 11.4 Å². The van der Waals surface area contributed by atoms with Crippen molar-refractivity contribution in [2.75, 3.05) is 22.9 Å². The number of benzene rings is 1. The molecule has 0 saturated heterocycles. The van der Waals surface area contributed by atoms with Crippen molar-refractivity contribution in [3.63, 3.8) is 0 Å². The molecular formula is C20H22N6O2. The second-order valence-electron chi connectivity index (χ2n) is 7.49. The van der Waals surface area contributed by atoms with Gasteiger partial charge in [0.25, 0.3) is 5.91 Å². The van der Waals surface area contributed by atoms with E-state index in [0.717, 1.165) is 29.3 Å². The van der Waals surface area contributed by atoms with Gasteiger partial charge in [0.15, 0.2) is 11.5 Å². The van der Waals surface area contributed by atoms with Crippen molar-refractivity contribution >= 4 is 17.3 Å². The van der Waals surface area contributed by atoms with Crippen molar-refractivity contribution < 1.29 is 9.32 Å². The fraction of sp³-hybridized carbons (Fsp3) is 0.400. The number of hydrogen-bond acceptors (Lipinski definition) is 6. The number of nitrogens with zero attached hydrogens (tertiary/aromatic N) is 6. The van der Waals surface area contributed by atoms with Gasteiger partial charge in [-0.3, -0.25) is 4.79 Å². The molecule has 1 aliphatic heterocycles. The van der Waals surface area contributed by atoms with Crippen LogP contribution >= 0.6 is 0 Å². The number of carbonyl (C=O) groups excluding carboxylic acids is 1. The Morgan fingerprint density at radius 2 is 1.96 bits per heavy atom. The molecule has 0 N–H and O–H groups in total. The van der Waals surface area contributed by atoms with E-state index >= 15 is 0 Å². The molecule has 1 aromatic carbocycles. The maximum atomic E-state index is 13.3. The van der Waals surface area contributed by atoms with Crippen LogP contribution in [0, 0.1) is 13.8 Å². The number of carbonyl (C=O) groups is 1. The van der Waals surface area contributed by atoms with E-state index < -0.39 is 0 Å².